The van der Waals surface area contributed by atoms with Crippen LogP contribution in [0.4, 0.5) is 5.69 Å². The molecule has 0 aliphatic rings. The van der Waals surface area contributed by atoms with Crippen LogP contribution in [0, 0.1) is 21.4 Å². The molecule has 0 fully saturated rings. The summed E-state index contributed by atoms with van der Waals surface area (Å²) in [6.07, 6.45) is 5.13. The van der Waals surface area contributed by atoms with Crippen LogP contribution >= 0.6 is 0 Å². The summed E-state index contributed by atoms with van der Waals surface area (Å²) in [6, 6.07) is 17.8. The van der Waals surface area contributed by atoms with Gasteiger partial charge >= 0.3 is 0 Å². The van der Waals surface area contributed by atoms with Crippen LogP contribution in [0.2, 0.25) is 0 Å². The number of nitriles is 1. The van der Waals surface area contributed by atoms with E-state index in [2.05, 4.69) is 6.07 Å². The smallest absolute Gasteiger partial charge is 0.258 e. The molecule has 0 saturated heterocycles. The Morgan fingerprint density at radius 1 is 1.14 bits per heavy atom. The van der Waals surface area contributed by atoms with Crippen molar-refractivity contribution in [3.8, 4) is 6.07 Å². The fourth-order valence-electron chi connectivity index (χ4n) is 1.81. The number of nitrogens with zero attached hydrogens (tertiary/aromatic N) is 2. The third-order valence-corrected chi connectivity index (χ3v) is 2.84. The second kappa shape index (κ2) is 6.83. The molecule has 0 unspecified atom stereocenters. The number of allylic oxidation sites excluding steroid dienone is 3. The van der Waals surface area contributed by atoms with E-state index in [0.717, 1.165) is 5.56 Å². The van der Waals surface area contributed by atoms with Crippen LogP contribution in [0.1, 0.15) is 11.1 Å². The maximum atomic E-state index is 10.7. The van der Waals surface area contributed by atoms with E-state index in [9.17, 15) is 10.1 Å². The maximum absolute atomic E-state index is 10.7. The van der Waals surface area contributed by atoms with Gasteiger partial charge in [0.05, 0.1) is 16.6 Å². The molecule has 102 valence electrons. The van der Waals surface area contributed by atoms with Crippen molar-refractivity contribution in [3.05, 3.63) is 88.0 Å². The van der Waals surface area contributed by atoms with E-state index in [0.29, 0.717) is 11.1 Å². The van der Waals surface area contributed by atoms with Crippen LogP contribution in [0.15, 0.2) is 66.7 Å². The summed E-state index contributed by atoms with van der Waals surface area (Å²) in [5, 5.41) is 19.8. The van der Waals surface area contributed by atoms with E-state index >= 15 is 0 Å². The van der Waals surface area contributed by atoms with Gasteiger partial charge in [-0.3, -0.25) is 10.1 Å². The van der Waals surface area contributed by atoms with Crippen molar-refractivity contribution in [3.63, 3.8) is 0 Å². The zero-order valence-electron chi connectivity index (χ0n) is 11.1. The minimum Gasteiger partial charge on any atom is -0.258 e. The van der Waals surface area contributed by atoms with E-state index in [1.165, 1.54) is 12.1 Å². The highest BCUT2D eigenvalue weighted by atomic mass is 16.6. The summed E-state index contributed by atoms with van der Waals surface area (Å²) in [4.78, 5) is 10.3. The van der Waals surface area contributed by atoms with Crippen LogP contribution in [0.5, 0.6) is 0 Å². The molecule has 4 nitrogen and oxygen atoms in total. The van der Waals surface area contributed by atoms with Gasteiger partial charge in [0.2, 0.25) is 0 Å². The van der Waals surface area contributed by atoms with Crippen molar-refractivity contribution in [2.24, 2.45) is 0 Å². The molecular formula is C17H12N2O2. The minimum absolute atomic E-state index is 0.0460. The van der Waals surface area contributed by atoms with Crippen molar-refractivity contribution in [1.29, 1.82) is 5.26 Å². The highest BCUT2D eigenvalue weighted by Crippen LogP contribution is 2.16. The molecule has 0 aliphatic carbocycles. The third kappa shape index (κ3) is 3.88. The molecule has 21 heavy (non-hydrogen) atoms. The van der Waals surface area contributed by atoms with Gasteiger partial charge < -0.3 is 0 Å². The van der Waals surface area contributed by atoms with Gasteiger partial charge in [-0.1, -0.05) is 54.6 Å². The van der Waals surface area contributed by atoms with Crippen LogP contribution in [-0.4, -0.2) is 4.92 Å². The molecule has 0 spiro atoms. The summed E-state index contributed by atoms with van der Waals surface area (Å²) in [5.74, 6) is 0. The quantitative estimate of drug-likeness (QED) is 0.363. The van der Waals surface area contributed by atoms with Crippen LogP contribution < -0.4 is 0 Å². The molecule has 0 saturated carbocycles. The van der Waals surface area contributed by atoms with Crippen molar-refractivity contribution >= 4 is 17.3 Å². The predicted molar refractivity (Wildman–Crippen MR) is 82.2 cm³/mol. The Hall–Kier alpha value is -3.19. The molecule has 2 rings (SSSR count). The molecule has 2 aromatic carbocycles. The maximum Gasteiger partial charge on any atom is 0.270 e. The molecule has 0 heterocycles. The standard InChI is InChI=1S/C17H12N2O2/c18-13-16(15-8-2-1-3-9-15)10-4-6-14-7-5-11-17(12-14)19(20)21/h1-12H. The highest BCUT2D eigenvalue weighted by Gasteiger charge is 2.03. The number of hydrogen-bond donors (Lipinski definition) is 0. The number of rotatable bonds is 4. The summed E-state index contributed by atoms with van der Waals surface area (Å²) in [6.45, 7) is 0. The van der Waals surface area contributed by atoms with Crippen LogP contribution in [-0.2, 0) is 0 Å². The molecule has 4 heteroatoms. The summed E-state index contributed by atoms with van der Waals surface area (Å²) in [7, 11) is 0. The van der Waals surface area contributed by atoms with E-state index in [-0.39, 0.29) is 5.69 Å². The van der Waals surface area contributed by atoms with Gasteiger partial charge in [0.1, 0.15) is 0 Å². The first kappa shape index (κ1) is 14.2. The van der Waals surface area contributed by atoms with E-state index in [1.807, 2.05) is 30.3 Å². The second-order valence-corrected chi connectivity index (χ2v) is 4.27. The highest BCUT2D eigenvalue weighted by molar-refractivity contribution is 5.78. The molecule has 0 aromatic heterocycles. The van der Waals surface area contributed by atoms with Gasteiger partial charge in [-0.2, -0.15) is 5.26 Å². The molecule has 2 aromatic rings. The lowest BCUT2D eigenvalue weighted by molar-refractivity contribution is -0.384. The van der Waals surface area contributed by atoms with Crippen molar-refractivity contribution in [2.45, 2.75) is 0 Å². The van der Waals surface area contributed by atoms with Gasteiger partial charge in [-0.15, -0.1) is 0 Å². The normalized spacial score (nSPS) is 11.3. The molecule has 0 N–H and O–H groups in total. The first-order valence-electron chi connectivity index (χ1n) is 6.29. The molecule has 0 bridgehead atoms. The Morgan fingerprint density at radius 3 is 2.57 bits per heavy atom. The molecular weight excluding hydrogens is 264 g/mol. The average Bonchev–Trinajstić information content (AvgIpc) is 2.53. The van der Waals surface area contributed by atoms with E-state index in [1.54, 1.807) is 30.4 Å². The Bertz CT molecular complexity index is 741. The van der Waals surface area contributed by atoms with Crippen LogP contribution in [0.25, 0.3) is 11.6 Å². The van der Waals surface area contributed by atoms with Gasteiger partial charge in [0, 0.05) is 12.1 Å². The Labute approximate surface area is 122 Å². The van der Waals surface area contributed by atoms with Gasteiger partial charge in [-0.05, 0) is 17.2 Å². The van der Waals surface area contributed by atoms with E-state index < -0.39 is 4.92 Å². The molecule has 0 atom stereocenters. The number of benzene rings is 2. The van der Waals surface area contributed by atoms with Gasteiger partial charge in [0.25, 0.3) is 5.69 Å². The SMILES string of the molecule is N#CC(=CC=Cc1cccc([N+](=O)[O-])c1)c1ccccc1. The third-order valence-electron chi connectivity index (χ3n) is 2.84. The molecule has 0 aliphatic heterocycles. The Balaban J connectivity index is 2.21. The summed E-state index contributed by atoms with van der Waals surface area (Å²) in [5.41, 5.74) is 2.14. The predicted octanol–water partition coefficient (Wildman–Crippen LogP) is 4.22. The monoisotopic (exact) mass is 276 g/mol. The summed E-state index contributed by atoms with van der Waals surface area (Å²) < 4.78 is 0. The van der Waals surface area contributed by atoms with Crippen molar-refractivity contribution in [2.75, 3.05) is 0 Å². The lowest BCUT2D eigenvalue weighted by Gasteiger charge is -1.96. The molecule has 0 amide bonds. The topological polar surface area (TPSA) is 66.9 Å². The Morgan fingerprint density at radius 2 is 1.90 bits per heavy atom. The van der Waals surface area contributed by atoms with Gasteiger partial charge in [0.15, 0.2) is 0 Å². The van der Waals surface area contributed by atoms with Crippen molar-refractivity contribution < 1.29 is 4.92 Å². The van der Waals surface area contributed by atoms with Gasteiger partial charge in [-0.25, -0.2) is 0 Å². The fourth-order valence-corrected chi connectivity index (χ4v) is 1.81. The minimum atomic E-state index is -0.433. The first-order chi connectivity index (χ1) is 10.2. The largest absolute Gasteiger partial charge is 0.270 e. The fraction of sp³-hybridized carbons (Fsp3) is 0. The average molecular weight is 276 g/mol. The van der Waals surface area contributed by atoms with Crippen molar-refractivity contribution in [1.82, 2.24) is 0 Å². The number of nitro benzene ring substituents is 1. The lowest BCUT2D eigenvalue weighted by Crippen LogP contribution is -1.87. The lowest BCUT2D eigenvalue weighted by atomic mass is 10.1. The summed E-state index contributed by atoms with van der Waals surface area (Å²) >= 11 is 0. The first-order valence-corrected chi connectivity index (χ1v) is 6.29. The second-order valence-electron chi connectivity index (χ2n) is 4.27. The molecule has 0 radical (unpaired) electrons. The van der Waals surface area contributed by atoms with E-state index in [4.69, 9.17) is 5.26 Å². The number of non-ortho nitro benzene ring substituents is 1. The zero-order valence-corrected chi connectivity index (χ0v) is 11.1. The number of hydrogen-bond acceptors (Lipinski definition) is 3. The zero-order chi connectivity index (χ0) is 15.1. The number of nitro groups is 1. The Kier molecular flexibility index (Phi) is 4.62. The van der Waals surface area contributed by atoms with Crippen LogP contribution in [0.3, 0.4) is 0 Å².